The third-order valence-electron chi connectivity index (χ3n) is 5.15. The van der Waals surface area contributed by atoms with Gasteiger partial charge in [0.05, 0.1) is 28.1 Å². The Hall–Kier alpha value is -4.26. The number of aromatic carboxylic acids is 1. The van der Waals surface area contributed by atoms with Gasteiger partial charge in [-0.05, 0) is 55.8 Å². The fourth-order valence-corrected chi connectivity index (χ4v) is 3.63. The zero-order valence-electron chi connectivity index (χ0n) is 16.8. The maximum atomic E-state index is 13.0. The van der Waals surface area contributed by atoms with Crippen molar-refractivity contribution in [3.05, 3.63) is 94.0 Å². The second kappa shape index (κ2) is 7.53. The number of para-hydroxylation sites is 1. The Bertz CT molecular complexity index is 1280. The number of hydrogen-bond acceptors (Lipinski definition) is 4. The Morgan fingerprint density at radius 1 is 0.871 bits per heavy atom. The molecule has 3 aromatic rings. The van der Waals surface area contributed by atoms with Crippen LogP contribution in [0.15, 0.2) is 60.7 Å². The van der Waals surface area contributed by atoms with Crippen molar-refractivity contribution in [3.63, 3.8) is 0 Å². The molecule has 1 aliphatic rings. The number of anilines is 2. The highest BCUT2D eigenvalue weighted by Gasteiger charge is 2.37. The SMILES string of the molecule is Cc1ccc(N2C(=O)c3ccc(C(=O)Nc4ccccc4C(=O)O)cc3C2=O)c(C)c1. The molecule has 0 unspecified atom stereocenters. The molecule has 0 aliphatic carbocycles. The average Bonchev–Trinajstić information content (AvgIpc) is 2.98. The lowest BCUT2D eigenvalue weighted by Crippen LogP contribution is -2.30. The van der Waals surface area contributed by atoms with Crippen molar-refractivity contribution < 1.29 is 24.3 Å². The van der Waals surface area contributed by atoms with E-state index in [9.17, 15) is 24.3 Å². The highest BCUT2D eigenvalue weighted by Crippen LogP contribution is 2.31. The summed E-state index contributed by atoms with van der Waals surface area (Å²) < 4.78 is 0. The summed E-state index contributed by atoms with van der Waals surface area (Å²) >= 11 is 0. The minimum Gasteiger partial charge on any atom is -0.478 e. The number of carboxylic acid groups (broad SMARTS) is 1. The van der Waals surface area contributed by atoms with Crippen molar-refractivity contribution in [2.75, 3.05) is 10.2 Å². The van der Waals surface area contributed by atoms with E-state index in [4.69, 9.17) is 0 Å². The van der Waals surface area contributed by atoms with Crippen LogP contribution in [0.3, 0.4) is 0 Å². The number of carboxylic acids is 1. The van der Waals surface area contributed by atoms with Gasteiger partial charge in [0.25, 0.3) is 17.7 Å². The molecule has 0 aromatic heterocycles. The fourth-order valence-electron chi connectivity index (χ4n) is 3.63. The van der Waals surface area contributed by atoms with Crippen LogP contribution in [0.5, 0.6) is 0 Å². The second-order valence-electron chi connectivity index (χ2n) is 7.30. The summed E-state index contributed by atoms with van der Waals surface area (Å²) in [5.74, 6) is -2.71. The standard InChI is InChI=1S/C24H18N2O5/c1-13-7-10-20(14(2)11-13)26-22(28)16-9-8-15(12-18(16)23(26)29)21(27)25-19-6-4-3-5-17(19)24(30)31/h3-12H,1-2H3,(H,25,27)(H,30,31). The Morgan fingerprint density at radius 3 is 2.29 bits per heavy atom. The van der Waals surface area contributed by atoms with E-state index >= 15 is 0 Å². The topological polar surface area (TPSA) is 104 Å². The number of hydrogen-bond donors (Lipinski definition) is 2. The van der Waals surface area contributed by atoms with Gasteiger partial charge >= 0.3 is 5.97 Å². The molecule has 3 aromatic carbocycles. The molecule has 0 saturated heterocycles. The first-order valence-corrected chi connectivity index (χ1v) is 9.51. The van der Waals surface area contributed by atoms with E-state index in [1.807, 2.05) is 26.0 Å². The van der Waals surface area contributed by atoms with Crippen LogP contribution in [0.2, 0.25) is 0 Å². The normalized spacial score (nSPS) is 12.6. The van der Waals surface area contributed by atoms with E-state index in [1.165, 1.54) is 30.3 Å². The van der Waals surface area contributed by atoms with Crippen molar-refractivity contribution >= 4 is 35.1 Å². The monoisotopic (exact) mass is 414 g/mol. The fraction of sp³-hybridized carbons (Fsp3) is 0.0833. The molecule has 0 fully saturated rings. The summed E-state index contributed by atoms with van der Waals surface area (Å²) in [6.45, 7) is 3.75. The zero-order chi connectivity index (χ0) is 22.3. The van der Waals surface area contributed by atoms with Gasteiger partial charge in [-0.2, -0.15) is 0 Å². The molecule has 1 aliphatic heterocycles. The molecular formula is C24H18N2O5. The number of nitrogens with one attached hydrogen (secondary N) is 1. The molecule has 0 saturated carbocycles. The Balaban J connectivity index is 1.66. The predicted octanol–water partition coefficient (Wildman–Crippen LogP) is 4.05. The third kappa shape index (κ3) is 3.46. The molecule has 31 heavy (non-hydrogen) atoms. The summed E-state index contributed by atoms with van der Waals surface area (Å²) in [5.41, 5.74) is 2.87. The number of nitrogens with zero attached hydrogens (tertiary/aromatic N) is 1. The molecule has 0 atom stereocenters. The number of carbonyl (C=O) groups is 4. The Kier molecular flexibility index (Phi) is 4.87. The number of rotatable bonds is 4. The highest BCUT2D eigenvalue weighted by molar-refractivity contribution is 6.35. The van der Waals surface area contributed by atoms with Crippen molar-refractivity contribution in [2.24, 2.45) is 0 Å². The summed E-state index contributed by atoms with van der Waals surface area (Å²) in [6, 6.07) is 15.7. The first kappa shape index (κ1) is 20.0. The van der Waals surface area contributed by atoms with Gasteiger partial charge in [0.15, 0.2) is 0 Å². The van der Waals surface area contributed by atoms with Crippen molar-refractivity contribution in [2.45, 2.75) is 13.8 Å². The lowest BCUT2D eigenvalue weighted by atomic mass is 10.0. The van der Waals surface area contributed by atoms with Gasteiger partial charge in [-0.15, -0.1) is 0 Å². The molecular weight excluding hydrogens is 396 g/mol. The van der Waals surface area contributed by atoms with Crippen LogP contribution in [0.1, 0.15) is 52.6 Å². The summed E-state index contributed by atoms with van der Waals surface area (Å²) in [4.78, 5) is 51.1. The lowest BCUT2D eigenvalue weighted by molar-refractivity contribution is 0.0697. The quantitative estimate of drug-likeness (QED) is 0.627. The van der Waals surface area contributed by atoms with Gasteiger partial charge in [0, 0.05) is 5.56 Å². The van der Waals surface area contributed by atoms with E-state index < -0.39 is 23.7 Å². The lowest BCUT2D eigenvalue weighted by Gasteiger charge is -2.16. The number of benzene rings is 3. The molecule has 0 radical (unpaired) electrons. The number of imide groups is 1. The van der Waals surface area contributed by atoms with Gasteiger partial charge in [-0.1, -0.05) is 29.8 Å². The molecule has 7 heteroatoms. The Labute approximate surface area is 177 Å². The summed E-state index contributed by atoms with van der Waals surface area (Å²) in [7, 11) is 0. The zero-order valence-corrected chi connectivity index (χ0v) is 16.8. The van der Waals surface area contributed by atoms with Crippen LogP contribution in [-0.2, 0) is 0 Å². The van der Waals surface area contributed by atoms with Gasteiger partial charge in [0.2, 0.25) is 0 Å². The minimum atomic E-state index is -1.17. The van der Waals surface area contributed by atoms with Crippen LogP contribution < -0.4 is 10.2 Å². The first-order chi connectivity index (χ1) is 14.8. The van der Waals surface area contributed by atoms with Crippen molar-refractivity contribution in [1.82, 2.24) is 0 Å². The average molecular weight is 414 g/mol. The Morgan fingerprint density at radius 2 is 1.58 bits per heavy atom. The van der Waals surface area contributed by atoms with Crippen LogP contribution in [-0.4, -0.2) is 28.8 Å². The summed E-state index contributed by atoms with van der Waals surface area (Å²) in [6.07, 6.45) is 0. The first-order valence-electron chi connectivity index (χ1n) is 9.51. The largest absolute Gasteiger partial charge is 0.478 e. The molecule has 2 N–H and O–H groups in total. The second-order valence-corrected chi connectivity index (χ2v) is 7.30. The molecule has 1 heterocycles. The molecule has 7 nitrogen and oxygen atoms in total. The number of fused-ring (bicyclic) bond motifs is 1. The molecule has 3 amide bonds. The number of carbonyl (C=O) groups excluding carboxylic acids is 3. The van der Waals surface area contributed by atoms with E-state index in [0.29, 0.717) is 5.69 Å². The van der Waals surface area contributed by atoms with Gasteiger partial charge in [-0.25, -0.2) is 9.69 Å². The van der Waals surface area contributed by atoms with Gasteiger partial charge < -0.3 is 10.4 Å². The predicted molar refractivity (Wildman–Crippen MR) is 115 cm³/mol. The van der Waals surface area contributed by atoms with Crippen LogP contribution >= 0.6 is 0 Å². The maximum Gasteiger partial charge on any atom is 0.337 e. The van der Waals surface area contributed by atoms with Crippen molar-refractivity contribution in [1.29, 1.82) is 0 Å². The number of aryl methyl sites for hydroxylation is 2. The highest BCUT2D eigenvalue weighted by atomic mass is 16.4. The molecule has 154 valence electrons. The van der Waals surface area contributed by atoms with Crippen molar-refractivity contribution in [3.8, 4) is 0 Å². The smallest absolute Gasteiger partial charge is 0.337 e. The van der Waals surface area contributed by atoms with E-state index in [0.717, 1.165) is 16.0 Å². The number of amides is 3. The summed E-state index contributed by atoms with van der Waals surface area (Å²) in [5, 5.41) is 11.8. The van der Waals surface area contributed by atoms with Gasteiger partial charge in [-0.3, -0.25) is 14.4 Å². The van der Waals surface area contributed by atoms with E-state index in [2.05, 4.69) is 5.32 Å². The maximum absolute atomic E-state index is 13.0. The van der Waals surface area contributed by atoms with E-state index in [-0.39, 0.29) is 27.9 Å². The molecule has 0 bridgehead atoms. The minimum absolute atomic E-state index is 0.0516. The van der Waals surface area contributed by atoms with Crippen LogP contribution in [0.25, 0.3) is 0 Å². The third-order valence-corrected chi connectivity index (χ3v) is 5.15. The van der Waals surface area contributed by atoms with Crippen LogP contribution in [0, 0.1) is 13.8 Å². The molecule has 0 spiro atoms. The van der Waals surface area contributed by atoms with Gasteiger partial charge in [0.1, 0.15) is 0 Å². The molecule has 4 rings (SSSR count). The van der Waals surface area contributed by atoms with Crippen LogP contribution in [0.4, 0.5) is 11.4 Å². The van der Waals surface area contributed by atoms with E-state index in [1.54, 1.807) is 18.2 Å².